The lowest BCUT2D eigenvalue weighted by molar-refractivity contribution is 0.181. The molecule has 1 aromatic heterocycles. The maximum absolute atomic E-state index is 5.36. The highest BCUT2D eigenvalue weighted by molar-refractivity contribution is 5.76. The molecule has 100 valence electrons. The van der Waals surface area contributed by atoms with Gasteiger partial charge in [-0.25, -0.2) is 0 Å². The van der Waals surface area contributed by atoms with Crippen molar-refractivity contribution in [3.05, 3.63) is 11.9 Å². The molecule has 0 radical (unpaired) electrons. The number of aliphatic imine (C=N–C) groups is 1. The van der Waals surface area contributed by atoms with Crippen molar-refractivity contribution in [2.75, 3.05) is 13.2 Å². The van der Waals surface area contributed by atoms with Crippen LogP contribution in [0.15, 0.2) is 11.2 Å². The molecule has 1 atom stereocenters. The number of hydrogen-bond acceptors (Lipinski definition) is 4. The topological polar surface area (TPSA) is 52.3 Å². The van der Waals surface area contributed by atoms with E-state index in [1.807, 2.05) is 17.1 Å². The summed E-state index contributed by atoms with van der Waals surface area (Å²) in [6.45, 7) is 6.93. The van der Waals surface area contributed by atoms with Gasteiger partial charge in [0.15, 0.2) is 0 Å². The van der Waals surface area contributed by atoms with Gasteiger partial charge in [0.05, 0.1) is 19.0 Å². The van der Waals surface area contributed by atoms with Gasteiger partial charge in [0.1, 0.15) is 5.69 Å². The molecule has 0 saturated carbocycles. The third-order valence-electron chi connectivity index (χ3n) is 3.39. The quantitative estimate of drug-likeness (QED) is 0.725. The average molecular weight is 250 g/mol. The number of rotatable bonds is 6. The van der Waals surface area contributed by atoms with Gasteiger partial charge in [-0.3, -0.25) is 9.67 Å². The number of hydrogen-bond donors (Lipinski definition) is 0. The monoisotopic (exact) mass is 250 g/mol. The normalized spacial score (nSPS) is 20.3. The van der Waals surface area contributed by atoms with E-state index in [2.05, 4.69) is 29.2 Å². The van der Waals surface area contributed by atoms with Crippen LogP contribution in [0.4, 0.5) is 0 Å². The smallest absolute Gasteiger partial charge is 0.123 e. The summed E-state index contributed by atoms with van der Waals surface area (Å²) in [6.07, 6.45) is 7.06. The highest BCUT2D eigenvalue weighted by atomic mass is 16.5. The van der Waals surface area contributed by atoms with Crippen LogP contribution < -0.4 is 0 Å². The maximum atomic E-state index is 5.36. The predicted octanol–water partition coefficient (Wildman–Crippen LogP) is 1.92. The lowest BCUT2D eigenvalue weighted by atomic mass is 10.1. The summed E-state index contributed by atoms with van der Waals surface area (Å²) in [5, 5.41) is 8.25. The molecule has 0 aliphatic carbocycles. The maximum Gasteiger partial charge on any atom is 0.123 e. The minimum atomic E-state index is 0.401. The lowest BCUT2D eigenvalue weighted by Crippen LogP contribution is -2.11. The van der Waals surface area contributed by atoms with Crippen LogP contribution in [0.2, 0.25) is 0 Å². The van der Waals surface area contributed by atoms with Gasteiger partial charge < -0.3 is 4.74 Å². The minimum Gasteiger partial charge on any atom is -0.381 e. The Morgan fingerprint density at radius 2 is 2.39 bits per heavy atom. The Bertz CT molecular complexity index is 378. The largest absolute Gasteiger partial charge is 0.381 e. The van der Waals surface area contributed by atoms with Crippen molar-refractivity contribution in [1.29, 1.82) is 0 Å². The van der Waals surface area contributed by atoms with Gasteiger partial charge in [-0.1, -0.05) is 19.1 Å². The van der Waals surface area contributed by atoms with E-state index in [1.165, 1.54) is 0 Å². The molecular weight excluding hydrogens is 228 g/mol. The molecule has 0 bridgehead atoms. The third kappa shape index (κ3) is 3.63. The fourth-order valence-corrected chi connectivity index (χ4v) is 2.13. The van der Waals surface area contributed by atoms with Crippen molar-refractivity contribution in [3.63, 3.8) is 0 Å². The summed E-state index contributed by atoms with van der Waals surface area (Å²) < 4.78 is 7.25. The van der Waals surface area contributed by atoms with Gasteiger partial charge in [0.25, 0.3) is 0 Å². The van der Waals surface area contributed by atoms with Crippen LogP contribution in [0.1, 0.15) is 38.8 Å². The van der Waals surface area contributed by atoms with Crippen LogP contribution in [0, 0.1) is 5.92 Å². The van der Waals surface area contributed by atoms with E-state index in [-0.39, 0.29) is 0 Å². The molecule has 0 N–H and O–H groups in total. The number of aromatic nitrogens is 3. The van der Waals surface area contributed by atoms with E-state index in [4.69, 9.17) is 4.74 Å². The first-order valence-corrected chi connectivity index (χ1v) is 6.82. The van der Waals surface area contributed by atoms with E-state index < -0.39 is 0 Å². The van der Waals surface area contributed by atoms with Crippen molar-refractivity contribution in [2.24, 2.45) is 10.9 Å². The summed E-state index contributed by atoms with van der Waals surface area (Å²) in [7, 11) is 0. The summed E-state index contributed by atoms with van der Waals surface area (Å²) in [4.78, 5) is 4.51. The molecule has 2 heterocycles. The van der Waals surface area contributed by atoms with Gasteiger partial charge >= 0.3 is 0 Å². The molecule has 0 amide bonds. The van der Waals surface area contributed by atoms with E-state index in [0.29, 0.717) is 12.0 Å². The molecule has 0 unspecified atom stereocenters. The van der Waals surface area contributed by atoms with Crippen LogP contribution in [0.3, 0.4) is 0 Å². The number of ether oxygens (including phenoxy) is 1. The second-order valence-electron chi connectivity index (χ2n) is 4.84. The minimum absolute atomic E-state index is 0.401. The molecule has 1 saturated heterocycles. The zero-order valence-electron chi connectivity index (χ0n) is 11.2. The highest BCUT2D eigenvalue weighted by Crippen LogP contribution is 2.14. The van der Waals surface area contributed by atoms with Gasteiger partial charge in [-0.05, 0) is 19.3 Å². The molecule has 1 fully saturated rings. The van der Waals surface area contributed by atoms with Crippen LogP contribution in [-0.4, -0.2) is 40.5 Å². The standard InChI is InChI=1S/C13H22N4O/c1-3-12(4-2)14-7-13-9-17(16-15-13)8-11-5-6-18-10-11/h7,9,11-12H,3-6,8,10H2,1-2H3/t11-/m0/s1. The summed E-state index contributed by atoms with van der Waals surface area (Å²) >= 11 is 0. The molecular formula is C13H22N4O. The molecule has 0 aromatic carbocycles. The first-order chi connectivity index (χ1) is 8.81. The first kappa shape index (κ1) is 13.2. The van der Waals surface area contributed by atoms with Crippen LogP contribution in [0.5, 0.6) is 0 Å². The fourth-order valence-electron chi connectivity index (χ4n) is 2.13. The Morgan fingerprint density at radius 3 is 3.06 bits per heavy atom. The Hall–Kier alpha value is -1.23. The summed E-state index contributed by atoms with van der Waals surface area (Å²) in [5.74, 6) is 0.579. The van der Waals surface area contributed by atoms with Crippen molar-refractivity contribution in [1.82, 2.24) is 15.0 Å². The molecule has 2 rings (SSSR count). The van der Waals surface area contributed by atoms with E-state index in [1.54, 1.807) is 0 Å². The zero-order valence-corrected chi connectivity index (χ0v) is 11.2. The molecule has 18 heavy (non-hydrogen) atoms. The fraction of sp³-hybridized carbons (Fsp3) is 0.769. The van der Waals surface area contributed by atoms with Crippen LogP contribution in [0.25, 0.3) is 0 Å². The van der Waals surface area contributed by atoms with Crippen molar-refractivity contribution in [2.45, 2.75) is 45.7 Å². The molecule has 5 heteroatoms. The van der Waals surface area contributed by atoms with Crippen LogP contribution >= 0.6 is 0 Å². The lowest BCUT2D eigenvalue weighted by Gasteiger charge is -2.05. The number of nitrogens with zero attached hydrogens (tertiary/aromatic N) is 4. The van der Waals surface area contributed by atoms with E-state index in [9.17, 15) is 0 Å². The average Bonchev–Trinajstić information content (AvgIpc) is 3.03. The second kappa shape index (κ2) is 6.64. The van der Waals surface area contributed by atoms with Gasteiger partial charge in [-0.2, -0.15) is 0 Å². The van der Waals surface area contributed by atoms with Gasteiger partial charge in [0.2, 0.25) is 0 Å². The molecule has 1 aliphatic rings. The van der Waals surface area contributed by atoms with Crippen LogP contribution in [-0.2, 0) is 11.3 Å². The Kier molecular flexibility index (Phi) is 4.87. The summed E-state index contributed by atoms with van der Waals surface area (Å²) in [6, 6.07) is 0.401. The van der Waals surface area contributed by atoms with Gasteiger partial charge in [0, 0.05) is 25.1 Å². The zero-order chi connectivity index (χ0) is 12.8. The summed E-state index contributed by atoms with van der Waals surface area (Å²) in [5.41, 5.74) is 0.848. The Balaban J connectivity index is 1.88. The van der Waals surface area contributed by atoms with Crippen molar-refractivity contribution >= 4 is 6.21 Å². The van der Waals surface area contributed by atoms with E-state index >= 15 is 0 Å². The molecule has 1 aliphatic heterocycles. The molecule has 0 spiro atoms. The second-order valence-corrected chi connectivity index (χ2v) is 4.84. The molecule has 1 aromatic rings. The Labute approximate surface area is 108 Å². The SMILES string of the molecule is CCC(CC)N=Cc1cn(C[C@@H]2CCOC2)nn1. The molecule has 5 nitrogen and oxygen atoms in total. The van der Waals surface area contributed by atoms with E-state index in [0.717, 1.165) is 44.7 Å². The predicted molar refractivity (Wildman–Crippen MR) is 70.9 cm³/mol. The first-order valence-electron chi connectivity index (χ1n) is 6.82. The highest BCUT2D eigenvalue weighted by Gasteiger charge is 2.16. The van der Waals surface area contributed by atoms with Crippen molar-refractivity contribution in [3.8, 4) is 0 Å². The van der Waals surface area contributed by atoms with Crippen molar-refractivity contribution < 1.29 is 4.74 Å². The Morgan fingerprint density at radius 1 is 1.56 bits per heavy atom. The third-order valence-corrected chi connectivity index (χ3v) is 3.39. The van der Waals surface area contributed by atoms with Gasteiger partial charge in [-0.15, -0.1) is 5.10 Å².